The lowest BCUT2D eigenvalue weighted by Gasteiger charge is -2.36. The molecule has 1 aliphatic rings. The number of morpholine rings is 1. The van der Waals surface area contributed by atoms with E-state index in [1.54, 1.807) is 4.90 Å². The summed E-state index contributed by atoms with van der Waals surface area (Å²) >= 11 is 0. The number of nitrogens with zero attached hydrogens (tertiary/aromatic N) is 1. The van der Waals surface area contributed by atoms with Gasteiger partial charge in [-0.3, -0.25) is 4.79 Å². The minimum Gasteiger partial charge on any atom is -0.394 e. The third kappa shape index (κ3) is 3.79. The van der Waals surface area contributed by atoms with E-state index in [0.717, 1.165) is 6.42 Å². The van der Waals surface area contributed by atoms with E-state index in [2.05, 4.69) is 0 Å². The van der Waals surface area contributed by atoms with Crippen LogP contribution in [0.4, 0.5) is 0 Å². The summed E-state index contributed by atoms with van der Waals surface area (Å²) in [4.78, 5) is 14.0. The summed E-state index contributed by atoms with van der Waals surface area (Å²) in [6, 6.07) is 9.19. The Bertz CT molecular complexity index is 424. The summed E-state index contributed by atoms with van der Waals surface area (Å²) in [5.74, 6) is -0.0942. The molecule has 1 aromatic rings. The van der Waals surface area contributed by atoms with Gasteiger partial charge in [0.25, 0.3) is 0 Å². The van der Waals surface area contributed by atoms with Crippen molar-refractivity contribution in [2.24, 2.45) is 5.73 Å². The summed E-state index contributed by atoms with van der Waals surface area (Å²) in [5, 5.41) is 9.29. The first kappa shape index (κ1) is 15.0. The largest absolute Gasteiger partial charge is 0.394 e. The highest BCUT2D eigenvalue weighted by Crippen LogP contribution is 2.11. The van der Waals surface area contributed by atoms with Crippen molar-refractivity contribution in [2.75, 3.05) is 26.4 Å². The number of hydrogen-bond donors (Lipinski definition) is 2. The number of nitrogens with two attached hydrogens (primary N) is 1. The van der Waals surface area contributed by atoms with Crippen LogP contribution in [0.15, 0.2) is 30.3 Å². The van der Waals surface area contributed by atoms with Crippen molar-refractivity contribution < 1.29 is 14.6 Å². The number of amides is 1. The van der Waals surface area contributed by atoms with E-state index in [-0.39, 0.29) is 18.6 Å². The van der Waals surface area contributed by atoms with Gasteiger partial charge < -0.3 is 20.5 Å². The van der Waals surface area contributed by atoms with E-state index in [1.807, 2.05) is 30.3 Å². The van der Waals surface area contributed by atoms with Gasteiger partial charge >= 0.3 is 0 Å². The molecular formula is C15H22N2O3. The number of rotatable bonds is 5. The van der Waals surface area contributed by atoms with Gasteiger partial charge in [0.1, 0.15) is 0 Å². The normalized spacial score (nSPS) is 20.7. The van der Waals surface area contributed by atoms with Gasteiger partial charge in [-0.05, 0) is 18.4 Å². The van der Waals surface area contributed by atoms with Gasteiger partial charge in [0, 0.05) is 6.54 Å². The Morgan fingerprint density at radius 2 is 2.20 bits per heavy atom. The number of aryl methyl sites for hydroxylation is 1. The predicted octanol–water partition coefficient (Wildman–Crippen LogP) is 0.166. The highest BCUT2D eigenvalue weighted by atomic mass is 16.5. The minimum absolute atomic E-state index is 0.0862. The van der Waals surface area contributed by atoms with Gasteiger partial charge in [-0.1, -0.05) is 30.3 Å². The van der Waals surface area contributed by atoms with Crippen molar-refractivity contribution in [3.05, 3.63) is 35.9 Å². The number of benzene rings is 1. The van der Waals surface area contributed by atoms with E-state index >= 15 is 0 Å². The monoisotopic (exact) mass is 278 g/mol. The quantitative estimate of drug-likeness (QED) is 0.805. The van der Waals surface area contributed by atoms with Crippen molar-refractivity contribution >= 4 is 5.91 Å². The van der Waals surface area contributed by atoms with E-state index in [1.165, 1.54) is 5.56 Å². The van der Waals surface area contributed by atoms with E-state index < -0.39 is 6.04 Å². The van der Waals surface area contributed by atoms with Crippen molar-refractivity contribution in [1.29, 1.82) is 0 Å². The average Bonchev–Trinajstić information content (AvgIpc) is 2.52. The highest BCUT2D eigenvalue weighted by molar-refractivity contribution is 5.82. The van der Waals surface area contributed by atoms with Crippen LogP contribution < -0.4 is 5.73 Å². The molecular weight excluding hydrogens is 256 g/mol. The molecule has 5 heteroatoms. The van der Waals surface area contributed by atoms with Crippen molar-refractivity contribution in [1.82, 2.24) is 4.90 Å². The predicted molar refractivity (Wildman–Crippen MR) is 76.1 cm³/mol. The second kappa shape index (κ2) is 7.38. The second-order valence-electron chi connectivity index (χ2n) is 5.07. The molecule has 2 unspecified atom stereocenters. The number of hydrogen-bond acceptors (Lipinski definition) is 4. The Morgan fingerprint density at radius 3 is 2.90 bits per heavy atom. The van der Waals surface area contributed by atoms with Gasteiger partial charge in [-0.15, -0.1) is 0 Å². The average molecular weight is 278 g/mol. The summed E-state index contributed by atoms with van der Waals surface area (Å²) in [5.41, 5.74) is 7.18. The Hall–Kier alpha value is -1.43. The number of carbonyl (C=O) groups is 1. The molecule has 110 valence electrons. The lowest BCUT2D eigenvalue weighted by atomic mass is 10.0. The van der Waals surface area contributed by atoms with Gasteiger partial charge in [-0.2, -0.15) is 0 Å². The molecule has 1 aromatic carbocycles. The van der Waals surface area contributed by atoms with Gasteiger partial charge in [0.05, 0.1) is 31.9 Å². The van der Waals surface area contributed by atoms with Crippen LogP contribution in [0.5, 0.6) is 0 Å². The Morgan fingerprint density at radius 1 is 1.45 bits per heavy atom. The fourth-order valence-corrected chi connectivity index (χ4v) is 2.40. The van der Waals surface area contributed by atoms with E-state index in [0.29, 0.717) is 26.2 Å². The number of aliphatic hydroxyl groups excluding tert-OH is 1. The molecule has 0 saturated carbocycles. The van der Waals surface area contributed by atoms with Crippen LogP contribution >= 0.6 is 0 Å². The molecule has 3 N–H and O–H groups in total. The molecule has 1 fully saturated rings. The maximum atomic E-state index is 12.3. The molecule has 2 atom stereocenters. The van der Waals surface area contributed by atoms with Gasteiger partial charge in [-0.25, -0.2) is 0 Å². The molecule has 1 heterocycles. The van der Waals surface area contributed by atoms with Crippen molar-refractivity contribution in [2.45, 2.75) is 24.9 Å². The summed E-state index contributed by atoms with van der Waals surface area (Å²) in [6.07, 6.45) is 1.39. The Balaban J connectivity index is 1.87. The fraction of sp³-hybridized carbons (Fsp3) is 0.533. The third-order valence-electron chi connectivity index (χ3n) is 3.63. The topological polar surface area (TPSA) is 75.8 Å². The van der Waals surface area contributed by atoms with Gasteiger partial charge in [0.2, 0.25) is 5.91 Å². The first-order valence-electron chi connectivity index (χ1n) is 7.01. The molecule has 0 bridgehead atoms. The van der Waals surface area contributed by atoms with Gasteiger partial charge in [0.15, 0.2) is 0 Å². The standard InChI is InChI=1S/C15H22N2O3/c16-14(7-6-12-4-2-1-3-5-12)15(19)17-8-9-20-11-13(17)10-18/h1-5,13-14,18H,6-11,16H2. The molecule has 0 aromatic heterocycles. The zero-order valence-electron chi connectivity index (χ0n) is 11.6. The smallest absolute Gasteiger partial charge is 0.239 e. The summed E-state index contributed by atoms with van der Waals surface area (Å²) in [7, 11) is 0. The summed E-state index contributed by atoms with van der Waals surface area (Å²) < 4.78 is 5.27. The molecule has 1 aliphatic heterocycles. The third-order valence-corrected chi connectivity index (χ3v) is 3.63. The van der Waals surface area contributed by atoms with Crippen LogP contribution in [0.2, 0.25) is 0 Å². The highest BCUT2D eigenvalue weighted by Gasteiger charge is 2.29. The number of aliphatic hydroxyl groups is 1. The SMILES string of the molecule is NC(CCc1ccccc1)C(=O)N1CCOCC1CO. The molecule has 0 spiro atoms. The molecule has 0 aliphatic carbocycles. The van der Waals surface area contributed by atoms with Crippen LogP contribution in [0, 0.1) is 0 Å². The minimum atomic E-state index is -0.526. The molecule has 5 nitrogen and oxygen atoms in total. The van der Waals surface area contributed by atoms with E-state index in [4.69, 9.17) is 10.5 Å². The molecule has 1 saturated heterocycles. The maximum absolute atomic E-state index is 12.3. The second-order valence-corrected chi connectivity index (χ2v) is 5.07. The summed E-state index contributed by atoms with van der Waals surface area (Å²) in [6.45, 7) is 1.31. The zero-order chi connectivity index (χ0) is 14.4. The van der Waals surface area contributed by atoms with Crippen LogP contribution in [0.3, 0.4) is 0 Å². The maximum Gasteiger partial charge on any atom is 0.239 e. The number of carbonyl (C=O) groups excluding carboxylic acids is 1. The molecule has 2 rings (SSSR count). The zero-order valence-corrected chi connectivity index (χ0v) is 11.6. The lowest BCUT2D eigenvalue weighted by Crippen LogP contribution is -2.55. The van der Waals surface area contributed by atoms with Crippen molar-refractivity contribution in [3.8, 4) is 0 Å². The van der Waals surface area contributed by atoms with Crippen LogP contribution in [0.1, 0.15) is 12.0 Å². The first-order chi connectivity index (χ1) is 9.72. The van der Waals surface area contributed by atoms with Crippen LogP contribution in [-0.4, -0.2) is 54.4 Å². The molecule has 20 heavy (non-hydrogen) atoms. The van der Waals surface area contributed by atoms with E-state index in [9.17, 15) is 9.90 Å². The van der Waals surface area contributed by atoms with Crippen molar-refractivity contribution in [3.63, 3.8) is 0 Å². The Kier molecular flexibility index (Phi) is 5.52. The Labute approximate surface area is 119 Å². The number of ether oxygens (including phenoxy) is 1. The van der Waals surface area contributed by atoms with Crippen LogP contribution in [-0.2, 0) is 16.0 Å². The van der Waals surface area contributed by atoms with Crippen LogP contribution in [0.25, 0.3) is 0 Å². The molecule has 1 amide bonds. The fourth-order valence-electron chi connectivity index (χ4n) is 2.40. The molecule has 0 radical (unpaired) electrons. The first-order valence-corrected chi connectivity index (χ1v) is 7.01. The lowest BCUT2D eigenvalue weighted by molar-refractivity contribution is -0.143.